The Labute approximate surface area is 66.9 Å². The SMILES string of the molecule is N#CC(Br)c1cncnc1. The van der Waals surface area contributed by atoms with Gasteiger partial charge in [0.2, 0.25) is 0 Å². The van der Waals surface area contributed by atoms with Crippen molar-refractivity contribution in [1.82, 2.24) is 9.97 Å². The van der Waals surface area contributed by atoms with E-state index in [4.69, 9.17) is 5.26 Å². The number of alkyl halides is 1. The van der Waals surface area contributed by atoms with Gasteiger partial charge >= 0.3 is 0 Å². The number of halogens is 1. The Balaban J connectivity index is 2.88. The minimum atomic E-state index is -0.298. The van der Waals surface area contributed by atoms with Crippen LogP contribution < -0.4 is 0 Å². The first-order valence-corrected chi connectivity index (χ1v) is 3.54. The molecule has 0 N–H and O–H groups in total. The molecule has 0 aliphatic heterocycles. The molecule has 4 heteroatoms. The molecule has 0 fully saturated rings. The lowest BCUT2D eigenvalue weighted by Crippen LogP contribution is -1.87. The van der Waals surface area contributed by atoms with Crippen molar-refractivity contribution in [2.75, 3.05) is 0 Å². The highest BCUT2D eigenvalue weighted by molar-refractivity contribution is 9.09. The van der Waals surface area contributed by atoms with Crippen LogP contribution in [0.4, 0.5) is 0 Å². The van der Waals surface area contributed by atoms with Crippen molar-refractivity contribution in [3.8, 4) is 6.07 Å². The molecule has 0 spiro atoms. The topological polar surface area (TPSA) is 49.6 Å². The van der Waals surface area contributed by atoms with Crippen LogP contribution in [0.2, 0.25) is 0 Å². The normalized spacial score (nSPS) is 12.0. The van der Waals surface area contributed by atoms with Crippen molar-refractivity contribution in [3.05, 3.63) is 24.3 Å². The first-order valence-electron chi connectivity index (χ1n) is 2.63. The fourth-order valence-electron chi connectivity index (χ4n) is 0.516. The Morgan fingerprint density at radius 2 is 2.10 bits per heavy atom. The molecule has 1 heterocycles. The number of nitriles is 1. The van der Waals surface area contributed by atoms with Gasteiger partial charge in [0.05, 0.1) is 6.07 Å². The summed E-state index contributed by atoms with van der Waals surface area (Å²) >= 11 is 3.14. The fourth-order valence-corrected chi connectivity index (χ4v) is 0.752. The second-order valence-electron chi connectivity index (χ2n) is 1.66. The van der Waals surface area contributed by atoms with Gasteiger partial charge in [0.15, 0.2) is 0 Å². The van der Waals surface area contributed by atoms with Gasteiger partial charge < -0.3 is 0 Å². The van der Waals surface area contributed by atoms with Gasteiger partial charge in [-0.2, -0.15) is 5.26 Å². The van der Waals surface area contributed by atoms with Crippen molar-refractivity contribution >= 4 is 15.9 Å². The van der Waals surface area contributed by atoms with E-state index in [0.29, 0.717) is 0 Å². The average molecular weight is 198 g/mol. The minimum absolute atomic E-state index is 0.298. The summed E-state index contributed by atoms with van der Waals surface area (Å²) in [5.41, 5.74) is 0.782. The van der Waals surface area contributed by atoms with E-state index in [9.17, 15) is 0 Å². The van der Waals surface area contributed by atoms with Crippen LogP contribution in [0.1, 0.15) is 10.4 Å². The summed E-state index contributed by atoms with van der Waals surface area (Å²) in [6.07, 6.45) is 4.64. The van der Waals surface area contributed by atoms with Gasteiger partial charge in [0.25, 0.3) is 0 Å². The first kappa shape index (κ1) is 7.16. The standard InChI is InChI=1S/C6H4BrN3/c7-6(1-8)5-2-9-4-10-3-5/h2-4,6H. The third-order valence-electron chi connectivity index (χ3n) is 0.987. The smallest absolute Gasteiger partial charge is 0.129 e. The zero-order valence-electron chi connectivity index (χ0n) is 5.03. The number of aromatic nitrogens is 2. The van der Waals surface area contributed by atoms with Crippen LogP contribution in [-0.2, 0) is 0 Å². The molecule has 0 bridgehead atoms. The summed E-state index contributed by atoms with van der Waals surface area (Å²) in [7, 11) is 0. The van der Waals surface area contributed by atoms with Gasteiger partial charge in [-0.1, -0.05) is 15.9 Å². The van der Waals surface area contributed by atoms with Crippen LogP contribution >= 0.6 is 15.9 Å². The molecular formula is C6H4BrN3. The summed E-state index contributed by atoms with van der Waals surface area (Å²) in [4.78, 5) is 7.23. The Morgan fingerprint density at radius 3 is 2.60 bits per heavy atom. The zero-order chi connectivity index (χ0) is 7.40. The third kappa shape index (κ3) is 1.52. The molecule has 10 heavy (non-hydrogen) atoms. The average Bonchev–Trinajstić information content (AvgIpc) is 2.05. The predicted octanol–water partition coefficient (Wildman–Crippen LogP) is 1.44. The Kier molecular flexibility index (Phi) is 2.35. The second kappa shape index (κ2) is 3.28. The van der Waals surface area contributed by atoms with Crippen molar-refractivity contribution in [3.63, 3.8) is 0 Å². The van der Waals surface area contributed by atoms with Crippen LogP contribution in [0.5, 0.6) is 0 Å². The zero-order valence-corrected chi connectivity index (χ0v) is 6.62. The van der Waals surface area contributed by atoms with E-state index < -0.39 is 0 Å². The van der Waals surface area contributed by atoms with E-state index in [1.807, 2.05) is 6.07 Å². The largest absolute Gasteiger partial charge is 0.244 e. The van der Waals surface area contributed by atoms with E-state index >= 15 is 0 Å². The number of hydrogen-bond donors (Lipinski definition) is 0. The van der Waals surface area contributed by atoms with Crippen molar-refractivity contribution in [2.45, 2.75) is 4.83 Å². The monoisotopic (exact) mass is 197 g/mol. The van der Waals surface area contributed by atoms with Crippen LogP contribution in [-0.4, -0.2) is 9.97 Å². The molecule has 0 radical (unpaired) electrons. The van der Waals surface area contributed by atoms with Gasteiger partial charge in [-0.15, -0.1) is 0 Å². The van der Waals surface area contributed by atoms with Crippen molar-refractivity contribution in [1.29, 1.82) is 5.26 Å². The van der Waals surface area contributed by atoms with E-state index in [0.717, 1.165) is 5.56 Å². The molecule has 0 aliphatic rings. The number of nitrogens with zero attached hydrogens (tertiary/aromatic N) is 3. The van der Waals surface area contributed by atoms with Crippen molar-refractivity contribution in [2.24, 2.45) is 0 Å². The molecule has 3 nitrogen and oxygen atoms in total. The highest BCUT2D eigenvalue weighted by Crippen LogP contribution is 2.18. The van der Waals surface area contributed by atoms with Gasteiger partial charge in [-0.3, -0.25) is 0 Å². The van der Waals surface area contributed by atoms with Crippen LogP contribution in [0.15, 0.2) is 18.7 Å². The van der Waals surface area contributed by atoms with Gasteiger partial charge in [-0.05, 0) is 0 Å². The lowest BCUT2D eigenvalue weighted by molar-refractivity contribution is 1.09. The molecule has 1 rings (SSSR count). The van der Waals surface area contributed by atoms with Gasteiger partial charge in [-0.25, -0.2) is 9.97 Å². The predicted molar refractivity (Wildman–Crippen MR) is 39.3 cm³/mol. The molecule has 1 unspecified atom stereocenters. The van der Waals surface area contributed by atoms with E-state index in [1.54, 1.807) is 12.4 Å². The molecule has 0 saturated carbocycles. The Bertz CT molecular complexity index is 241. The van der Waals surface area contributed by atoms with E-state index in [1.165, 1.54) is 6.33 Å². The van der Waals surface area contributed by atoms with Gasteiger partial charge in [0, 0.05) is 18.0 Å². The highest BCUT2D eigenvalue weighted by atomic mass is 79.9. The highest BCUT2D eigenvalue weighted by Gasteiger charge is 2.03. The summed E-state index contributed by atoms with van der Waals surface area (Å²) in [5.74, 6) is 0. The summed E-state index contributed by atoms with van der Waals surface area (Å²) < 4.78 is 0. The maximum absolute atomic E-state index is 8.44. The quantitative estimate of drug-likeness (QED) is 0.641. The molecule has 0 aliphatic carbocycles. The van der Waals surface area contributed by atoms with E-state index in [2.05, 4.69) is 25.9 Å². The molecule has 0 aromatic carbocycles. The molecule has 1 aromatic rings. The minimum Gasteiger partial charge on any atom is -0.244 e. The first-order chi connectivity index (χ1) is 4.84. The maximum Gasteiger partial charge on any atom is 0.129 e. The Morgan fingerprint density at radius 1 is 1.50 bits per heavy atom. The third-order valence-corrected chi connectivity index (χ3v) is 1.72. The summed E-state index contributed by atoms with van der Waals surface area (Å²) in [6.45, 7) is 0. The molecule has 1 aromatic heterocycles. The van der Waals surface area contributed by atoms with Gasteiger partial charge in [0.1, 0.15) is 11.2 Å². The van der Waals surface area contributed by atoms with Crippen LogP contribution in [0.3, 0.4) is 0 Å². The lowest BCUT2D eigenvalue weighted by Gasteiger charge is -1.95. The van der Waals surface area contributed by atoms with Crippen molar-refractivity contribution < 1.29 is 0 Å². The summed E-state index contributed by atoms with van der Waals surface area (Å²) in [6, 6.07) is 2.02. The molecular weight excluding hydrogens is 194 g/mol. The number of rotatable bonds is 1. The van der Waals surface area contributed by atoms with E-state index in [-0.39, 0.29) is 4.83 Å². The second-order valence-corrected chi connectivity index (χ2v) is 2.58. The molecule has 0 saturated heterocycles. The Hall–Kier alpha value is -0.950. The van der Waals surface area contributed by atoms with Crippen LogP contribution in [0.25, 0.3) is 0 Å². The summed E-state index contributed by atoms with van der Waals surface area (Å²) in [5, 5.41) is 8.44. The maximum atomic E-state index is 8.44. The lowest BCUT2D eigenvalue weighted by atomic mass is 10.3. The molecule has 1 atom stereocenters. The molecule has 0 amide bonds. The van der Waals surface area contributed by atoms with Crippen LogP contribution in [0, 0.1) is 11.3 Å². The fraction of sp³-hybridized carbons (Fsp3) is 0.167. The molecule has 50 valence electrons. The number of hydrogen-bond acceptors (Lipinski definition) is 3.